The van der Waals surface area contributed by atoms with Crippen LogP contribution in [0.25, 0.3) is 10.8 Å². The topological polar surface area (TPSA) is 135 Å². The third-order valence-electron chi connectivity index (χ3n) is 5.90. The lowest BCUT2D eigenvalue weighted by Gasteiger charge is -2.21. The molecule has 3 amide bonds. The van der Waals surface area contributed by atoms with E-state index in [1.807, 2.05) is 30.3 Å². The van der Waals surface area contributed by atoms with Crippen LogP contribution in [-0.2, 0) is 21.7 Å². The van der Waals surface area contributed by atoms with Crippen molar-refractivity contribution in [3.63, 3.8) is 0 Å². The molecule has 8 nitrogen and oxygen atoms in total. The van der Waals surface area contributed by atoms with Gasteiger partial charge < -0.3 is 16.0 Å². The standard InChI is InChI=1S/C26H21N5O3/c27-13-14-29-24(33)25(34)30-16-18-5-1-2-7-20(18)23(32)31-26(11-12-26)22-10-4-8-19-17(15-28)6-3-9-21(19)22/h1-10H,11-12,14,16H2,(H,29,33)(H,30,34)(H,31,32). The predicted molar refractivity (Wildman–Crippen MR) is 124 cm³/mol. The molecular formula is C26H21N5O3. The summed E-state index contributed by atoms with van der Waals surface area (Å²) in [6.07, 6.45) is 1.54. The Balaban J connectivity index is 1.54. The van der Waals surface area contributed by atoms with Crippen LogP contribution in [0.5, 0.6) is 0 Å². The maximum absolute atomic E-state index is 13.3. The monoisotopic (exact) mass is 451 g/mol. The molecule has 34 heavy (non-hydrogen) atoms. The van der Waals surface area contributed by atoms with Crippen molar-refractivity contribution >= 4 is 28.5 Å². The largest absolute Gasteiger partial charge is 0.344 e. The number of nitrogens with zero attached hydrogens (tertiary/aromatic N) is 2. The van der Waals surface area contributed by atoms with E-state index in [1.165, 1.54) is 0 Å². The Bertz CT molecular complexity index is 1380. The Labute approximate surface area is 196 Å². The van der Waals surface area contributed by atoms with Crippen molar-refractivity contribution in [1.82, 2.24) is 16.0 Å². The highest BCUT2D eigenvalue weighted by Gasteiger charge is 2.46. The molecule has 1 fully saturated rings. The molecule has 3 aromatic rings. The second kappa shape index (κ2) is 9.43. The molecule has 8 heteroatoms. The minimum absolute atomic E-state index is 0.0187. The third-order valence-corrected chi connectivity index (χ3v) is 5.90. The summed E-state index contributed by atoms with van der Waals surface area (Å²) in [5.41, 5.74) is 1.97. The van der Waals surface area contributed by atoms with Gasteiger partial charge >= 0.3 is 11.8 Å². The molecule has 0 saturated heterocycles. The average molecular weight is 451 g/mol. The van der Waals surface area contributed by atoms with Crippen molar-refractivity contribution in [2.24, 2.45) is 0 Å². The summed E-state index contributed by atoms with van der Waals surface area (Å²) in [6.45, 7) is -0.285. The number of nitriles is 2. The Morgan fingerprint density at radius 1 is 0.853 bits per heavy atom. The molecule has 0 unspecified atom stereocenters. The van der Waals surface area contributed by atoms with Gasteiger partial charge in [0.25, 0.3) is 5.91 Å². The molecule has 1 saturated carbocycles. The summed E-state index contributed by atoms with van der Waals surface area (Å²) in [6, 6.07) is 22.1. The van der Waals surface area contributed by atoms with Crippen molar-refractivity contribution < 1.29 is 14.4 Å². The Hall–Kier alpha value is -4.69. The highest BCUT2D eigenvalue weighted by molar-refractivity contribution is 6.35. The molecule has 0 heterocycles. The normalized spacial score (nSPS) is 13.2. The highest BCUT2D eigenvalue weighted by Crippen LogP contribution is 2.48. The minimum atomic E-state index is -0.909. The van der Waals surface area contributed by atoms with E-state index in [1.54, 1.807) is 36.4 Å². The lowest BCUT2D eigenvalue weighted by molar-refractivity contribution is -0.139. The van der Waals surface area contributed by atoms with Crippen LogP contribution in [-0.4, -0.2) is 24.3 Å². The van der Waals surface area contributed by atoms with Crippen molar-refractivity contribution in [2.45, 2.75) is 24.9 Å². The van der Waals surface area contributed by atoms with E-state index >= 15 is 0 Å². The number of rotatable bonds is 6. The Kier molecular flexibility index (Phi) is 6.24. The maximum atomic E-state index is 13.3. The van der Waals surface area contributed by atoms with Crippen molar-refractivity contribution in [1.29, 1.82) is 10.5 Å². The van der Waals surface area contributed by atoms with Gasteiger partial charge in [0.2, 0.25) is 0 Å². The van der Waals surface area contributed by atoms with E-state index in [9.17, 15) is 19.6 Å². The van der Waals surface area contributed by atoms with E-state index in [0.29, 0.717) is 16.7 Å². The first kappa shape index (κ1) is 22.5. The van der Waals surface area contributed by atoms with Crippen LogP contribution in [0.15, 0.2) is 60.7 Å². The average Bonchev–Trinajstić information content (AvgIpc) is 3.65. The number of hydrogen-bond acceptors (Lipinski definition) is 5. The molecule has 1 aliphatic rings. The number of nitrogens with one attached hydrogen (secondary N) is 3. The van der Waals surface area contributed by atoms with Gasteiger partial charge in [-0.15, -0.1) is 0 Å². The zero-order valence-electron chi connectivity index (χ0n) is 18.2. The fourth-order valence-corrected chi connectivity index (χ4v) is 4.05. The second-order valence-electron chi connectivity index (χ2n) is 8.03. The van der Waals surface area contributed by atoms with Crippen molar-refractivity contribution in [3.8, 4) is 12.1 Å². The summed E-state index contributed by atoms with van der Waals surface area (Å²) in [7, 11) is 0. The molecule has 3 aromatic carbocycles. The molecule has 168 valence electrons. The zero-order chi connectivity index (χ0) is 24.1. The van der Waals surface area contributed by atoms with E-state index < -0.39 is 17.4 Å². The summed E-state index contributed by atoms with van der Waals surface area (Å²) >= 11 is 0. The van der Waals surface area contributed by atoms with E-state index in [4.69, 9.17) is 5.26 Å². The van der Waals surface area contributed by atoms with Crippen LogP contribution < -0.4 is 16.0 Å². The van der Waals surface area contributed by atoms with Gasteiger partial charge in [-0.2, -0.15) is 10.5 Å². The van der Waals surface area contributed by atoms with Gasteiger partial charge in [0.1, 0.15) is 6.54 Å². The molecule has 1 aliphatic carbocycles. The van der Waals surface area contributed by atoms with Crippen LogP contribution in [0.1, 0.15) is 39.9 Å². The fraction of sp³-hybridized carbons (Fsp3) is 0.192. The van der Waals surface area contributed by atoms with Gasteiger partial charge in [0, 0.05) is 12.1 Å². The Morgan fingerprint density at radius 2 is 1.56 bits per heavy atom. The predicted octanol–water partition coefficient (Wildman–Crippen LogP) is 2.39. The molecule has 0 aromatic heterocycles. The lowest BCUT2D eigenvalue weighted by Crippen LogP contribution is -2.40. The van der Waals surface area contributed by atoms with Gasteiger partial charge in [-0.1, -0.05) is 48.5 Å². The smallest absolute Gasteiger partial charge is 0.310 e. The lowest BCUT2D eigenvalue weighted by atomic mass is 9.94. The summed E-state index contributed by atoms with van der Waals surface area (Å²) < 4.78 is 0. The number of hydrogen-bond donors (Lipinski definition) is 3. The third kappa shape index (κ3) is 4.43. The first-order valence-electron chi connectivity index (χ1n) is 10.7. The number of fused-ring (bicyclic) bond motifs is 1. The van der Waals surface area contributed by atoms with Gasteiger partial charge in [0.05, 0.1) is 23.2 Å². The molecule has 0 atom stereocenters. The van der Waals surface area contributed by atoms with Crippen LogP contribution in [0.4, 0.5) is 0 Å². The van der Waals surface area contributed by atoms with Crippen LogP contribution in [0.3, 0.4) is 0 Å². The Morgan fingerprint density at radius 3 is 2.29 bits per heavy atom. The van der Waals surface area contributed by atoms with Crippen molar-refractivity contribution in [3.05, 3.63) is 82.9 Å². The van der Waals surface area contributed by atoms with Gasteiger partial charge in [-0.3, -0.25) is 14.4 Å². The van der Waals surface area contributed by atoms with Gasteiger partial charge in [-0.05, 0) is 46.9 Å². The molecule has 0 spiro atoms. The molecule has 0 radical (unpaired) electrons. The molecular weight excluding hydrogens is 430 g/mol. The van der Waals surface area contributed by atoms with Crippen LogP contribution >= 0.6 is 0 Å². The molecule has 0 aliphatic heterocycles. The first-order chi connectivity index (χ1) is 16.5. The quantitative estimate of drug-likeness (QED) is 0.391. The summed E-state index contributed by atoms with van der Waals surface area (Å²) in [4.78, 5) is 36.9. The first-order valence-corrected chi connectivity index (χ1v) is 10.7. The highest BCUT2D eigenvalue weighted by atomic mass is 16.2. The van der Waals surface area contributed by atoms with Crippen molar-refractivity contribution in [2.75, 3.05) is 6.54 Å². The minimum Gasteiger partial charge on any atom is -0.344 e. The molecule has 4 rings (SSSR count). The second-order valence-corrected chi connectivity index (χ2v) is 8.03. The van der Waals surface area contributed by atoms with E-state index in [2.05, 4.69) is 22.0 Å². The molecule has 0 bridgehead atoms. The summed E-state index contributed by atoms with van der Waals surface area (Å²) in [5.74, 6) is -2.08. The SMILES string of the molecule is N#CCNC(=O)C(=O)NCc1ccccc1C(=O)NC1(c2cccc3c(C#N)cccc23)CC1. The van der Waals surface area contributed by atoms with Crippen LogP contribution in [0.2, 0.25) is 0 Å². The van der Waals surface area contributed by atoms with E-state index in [-0.39, 0.29) is 19.0 Å². The number of carbonyl (C=O) groups excluding carboxylic acids is 3. The fourth-order valence-electron chi connectivity index (χ4n) is 4.05. The van der Waals surface area contributed by atoms with Crippen LogP contribution in [0, 0.1) is 22.7 Å². The van der Waals surface area contributed by atoms with Gasteiger partial charge in [0.15, 0.2) is 0 Å². The summed E-state index contributed by atoms with van der Waals surface area (Å²) in [5, 5.41) is 27.6. The van der Waals surface area contributed by atoms with E-state index in [0.717, 1.165) is 29.2 Å². The maximum Gasteiger partial charge on any atom is 0.310 e. The number of carbonyl (C=O) groups is 3. The number of amides is 3. The molecule has 3 N–H and O–H groups in total. The zero-order valence-corrected chi connectivity index (χ0v) is 18.2. The number of benzene rings is 3. The van der Waals surface area contributed by atoms with Gasteiger partial charge in [-0.25, -0.2) is 0 Å².